The zero-order valence-corrected chi connectivity index (χ0v) is 16.7. The summed E-state index contributed by atoms with van der Waals surface area (Å²) in [4.78, 5) is 13.0. The minimum Gasteiger partial charge on any atom is -0.461 e. The Morgan fingerprint density at radius 1 is 1.17 bits per heavy atom. The van der Waals surface area contributed by atoms with E-state index in [1.807, 2.05) is 42.5 Å². The Bertz CT molecular complexity index is 1210. The van der Waals surface area contributed by atoms with Crippen molar-refractivity contribution in [1.82, 2.24) is 0 Å². The normalized spacial score (nSPS) is 21.1. The fourth-order valence-electron chi connectivity index (χ4n) is 4.36. The van der Waals surface area contributed by atoms with Crippen LogP contribution in [-0.4, -0.2) is 5.79 Å². The zero-order valence-electron chi connectivity index (χ0n) is 16.7. The van der Waals surface area contributed by atoms with Gasteiger partial charge in [0.05, 0.1) is 11.6 Å². The first-order chi connectivity index (χ1) is 14.6. The number of hydrogen-bond acceptors (Lipinski definition) is 5. The average Bonchev–Trinajstić information content (AvgIpc) is 2.77. The van der Waals surface area contributed by atoms with E-state index in [1.54, 1.807) is 12.1 Å². The Kier molecular flexibility index (Phi) is 4.45. The van der Waals surface area contributed by atoms with Crippen molar-refractivity contribution in [3.63, 3.8) is 0 Å². The number of nitrogens with zero attached hydrogens (tertiary/aromatic N) is 1. The maximum absolute atomic E-state index is 13.0. The standard InChI is InChI=1S/C25H21NO4/c1-2-3-11-25-14-18-12-16(15-26)9-10-19(18)23(30-25)22-21(29-25)13-20(28-24(22)27)17-7-5-4-6-8-17/h4-10,12-13,23H,2-3,11,14H2,1H3. The number of rotatable bonds is 4. The smallest absolute Gasteiger partial charge is 0.346 e. The van der Waals surface area contributed by atoms with Crippen LogP contribution in [0.25, 0.3) is 11.3 Å². The minimum absolute atomic E-state index is 0.382. The lowest BCUT2D eigenvalue weighted by atomic mass is 9.85. The molecule has 5 rings (SSSR count). The molecule has 2 aliphatic rings. The van der Waals surface area contributed by atoms with E-state index in [2.05, 4.69) is 13.0 Å². The molecule has 5 heteroatoms. The van der Waals surface area contributed by atoms with Gasteiger partial charge < -0.3 is 13.9 Å². The maximum atomic E-state index is 13.0. The molecule has 5 nitrogen and oxygen atoms in total. The number of fused-ring (bicyclic) bond motifs is 6. The van der Waals surface area contributed by atoms with Crippen LogP contribution in [0, 0.1) is 11.3 Å². The van der Waals surface area contributed by atoms with Gasteiger partial charge in [-0.05, 0) is 29.7 Å². The van der Waals surface area contributed by atoms with Crippen LogP contribution in [0.4, 0.5) is 0 Å². The van der Waals surface area contributed by atoms with E-state index in [9.17, 15) is 10.1 Å². The van der Waals surface area contributed by atoms with Gasteiger partial charge in [0.1, 0.15) is 23.2 Å². The van der Waals surface area contributed by atoms with Crippen molar-refractivity contribution in [1.29, 1.82) is 5.26 Å². The Morgan fingerprint density at radius 2 is 2.00 bits per heavy atom. The lowest BCUT2D eigenvalue weighted by molar-refractivity contribution is -0.233. The van der Waals surface area contributed by atoms with Crippen LogP contribution < -0.4 is 10.4 Å². The molecule has 0 saturated heterocycles. The Labute approximate surface area is 174 Å². The topological polar surface area (TPSA) is 72.5 Å². The second-order valence-electron chi connectivity index (χ2n) is 7.86. The molecule has 0 aliphatic carbocycles. The molecule has 150 valence electrons. The van der Waals surface area contributed by atoms with Crippen molar-refractivity contribution in [3.05, 3.63) is 87.3 Å². The van der Waals surface area contributed by atoms with E-state index in [-0.39, 0.29) is 0 Å². The molecule has 0 fully saturated rings. The summed E-state index contributed by atoms with van der Waals surface area (Å²) in [6.07, 6.45) is 2.61. The van der Waals surface area contributed by atoms with Gasteiger partial charge in [0.25, 0.3) is 0 Å². The Balaban J connectivity index is 1.68. The first-order valence-electron chi connectivity index (χ1n) is 10.3. The summed E-state index contributed by atoms with van der Waals surface area (Å²) >= 11 is 0. The molecule has 0 N–H and O–H groups in total. The summed E-state index contributed by atoms with van der Waals surface area (Å²) in [5, 5.41) is 9.31. The fourth-order valence-corrected chi connectivity index (χ4v) is 4.36. The first-order valence-corrected chi connectivity index (χ1v) is 10.3. The molecule has 2 atom stereocenters. The van der Waals surface area contributed by atoms with E-state index in [0.29, 0.717) is 35.5 Å². The number of unbranched alkanes of at least 4 members (excludes halogenated alkanes) is 1. The van der Waals surface area contributed by atoms with E-state index < -0.39 is 17.5 Å². The highest BCUT2D eigenvalue weighted by atomic mass is 16.7. The molecule has 3 heterocycles. The van der Waals surface area contributed by atoms with Crippen LogP contribution >= 0.6 is 0 Å². The molecule has 0 spiro atoms. The van der Waals surface area contributed by atoms with Gasteiger partial charge in [-0.15, -0.1) is 0 Å². The predicted molar refractivity (Wildman–Crippen MR) is 111 cm³/mol. The summed E-state index contributed by atoms with van der Waals surface area (Å²) < 4.78 is 18.5. The van der Waals surface area contributed by atoms with Crippen LogP contribution in [0.1, 0.15) is 54.5 Å². The quantitative estimate of drug-likeness (QED) is 0.609. The molecular weight excluding hydrogens is 378 g/mol. The predicted octanol–water partition coefficient (Wildman–Crippen LogP) is 5.12. The molecule has 30 heavy (non-hydrogen) atoms. The molecule has 2 bridgehead atoms. The van der Waals surface area contributed by atoms with Crippen molar-refractivity contribution in [3.8, 4) is 23.1 Å². The monoisotopic (exact) mass is 399 g/mol. The molecule has 0 saturated carbocycles. The molecule has 0 radical (unpaired) electrons. The third kappa shape index (κ3) is 3.01. The van der Waals surface area contributed by atoms with Gasteiger partial charge >= 0.3 is 5.63 Å². The van der Waals surface area contributed by atoms with E-state index in [0.717, 1.165) is 29.5 Å². The number of benzene rings is 2. The highest BCUT2D eigenvalue weighted by Gasteiger charge is 2.48. The van der Waals surface area contributed by atoms with Gasteiger partial charge in [-0.2, -0.15) is 5.26 Å². The second-order valence-corrected chi connectivity index (χ2v) is 7.86. The van der Waals surface area contributed by atoms with Crippen LogP contribution in [0.2, 0.25) is 0 Å². The summed E-state index contributed by atoms with van der Waals surface area (Å²) in [5.41, 5.74) is 3.21. The third-order valence-electron chi connectivity index (χ3n) is 5.82. The SMILES string of the molecule is CCCCC12Cc3cc(C#N)ccc3C(O1)c1c(cc(-c3ccccc3)oc1=O)O2. The molecule has 2 aliphatic heterocycles. The summed E-state index contributed by atoms with van der Waals surface area (Å²) in [6.45, 7) is 2.12. The van der Waals surface area contributed by atoms with Gasteiger partial charge in [0, 0.05) is 24.5 Å². The minimum atomic E-state index is -0.851. The van der Waals surface area contributed by atoms with E-state index in [1.165, 1.54) is 0 Å². The van der Waals surface area contributed by atoms with Gasteiger partial charge in [0.2, 0.25) is 5.79 Å². The molecule has 2 unspecified atom stereocenters. The summed E-state index contributed by atoms with van der Waals surface area (Å²) in [5.74, 6) is 0.147. The Morgan fingerprint density at radius 3 is 2.77 bits per heavy atom. The fraction of sp³-hybridized carbons (Fsp3) is 0.280. The van der Waals surface area contributed by atoms with Gasteiger partial charge in [0.15, 0.2) is 0 Å². The number of nitriles is 1. The third-order valence-corrected chi connectivity index (χ3v) is 5.82. The van der Waals surface area contributed by atoms with Crippen molar-refractivity contribution >= 4 is 0 Å². The van der Waals surface area contributed by atoms with Crippen LogP contribution in [0.15, 0.2) is 63.8 Å². The highest BCUT2D eigenvalue weighted by Crippen LogP contribution is 2.49. The second kappa shape index (κ2) is 7.16. The van der Waals surface area contributed by atoms with Gasteiger partial charge in [-0.1, -0.05) is 49.7 Å². The number of ether oxygens (including phenoxy) is 2. The van der Waals surface area contributed by atoms with Crippen molar-refractivity contribution in [2.24, 2.45) is 0 Å². The summed E-state index contributed by atoms with van der Waals surface area (Å²) in [7, 11) is 0. The van der Waals surface area contributed by atoms with Crippen molar-refractivity contribution in [2.75, 3.05) is 0 Å². The lowest BCUT2D eigenvalue weighted by Crippen LogP contribution is -2.50. The molecule has 0 amide bonds. The molecular formula is C25H21NO4. The van der Waals surface area contributed by atoms with Crippen LogP contribution in [0.5, 0.6) is 5.75 Å². The lowest BCUT2D eigenvalue weighted by Gasteiger charge is -2.46. The highest BCUT2D eigenvalue weighted by molar-refractivity contribution is 5.60. The maximum Gasteiger partial charge on any atom is 0.346 e. The largest absolute Gasteiger partial charge is 0.461 e. The van der Waals surface area contributed by atoms with Crippen molar-refractivity contribution in [2.45, 2.75) is 44.5 Å². The van der Waals surface area contributed by atoms with Crippen LogP contribution in [0.3, 0.4) is 0 Å². The van der Waals surface area contributed by atoms with E-state index in [4.69, 9.17) is 13.9 Å². The van der Waals surface area contributed by atoms with Crippen LogP contribution in [-0.2, 0) is 11.2 Å². The molecule has 2 aromatic carbocycles. The first kappa shape index (κ1) is 18.7. The molecule has 1 aromatic heterocycles. The molecule has 3 aromatic rings. The van der Waals surface area contributed by atoms with Crippen molar-refractivity contribution < 1.29 is 13.9 Å². The van der Waals surface area contributed by atoms with Gasteiger partial charge in [-0.25, -0.2) is 4.79 Å². The summed E-state index contributed by atoms with van der Waals surface area (Å²) in [6, 6.07) is 19.0. The van der Waals surface area contributed by atoms with Gasteiger partial charge in [-0.3, -0.25) is 0 Å². The zero-order chi connectivity index (χ0) is 20.7. The number of hydrogen-bond donors (Lipinski definition) is 0. The Hall–Kier alpha value is -3.36. The average molecular weight is 399 g/mol. The van der Waals surface area contributed by atoms with E-state index >= 15 is 0 Å².